The van der Waals surface area contributed by atoms with Crippen LogP contribution in [0, 0.1) is 0 Å². The maximum absolute atomic E-state index is 13.0. The van der Waals surface area contributed by atoms with Gasteiger partial charge in [-0.3, -0.25) is 4.79 Å². The molecule has 2 rings (SSSR count). The predicted molar refractivity (Wildman–Crippen MR) is 91.6 cm³/mol. The van der Waals surface area contributed by atoms with Crippen molar-refractivity contribution < 1.29 is 22.7 Å². The lowest BCUT2D eigenvalue weighted by Crippen LogP contribution is -2.31. The van der Waals surface area contributed by atoms with Gasteiger partial charge < -0.3 is 10.1 Å². The molecular weight excluding hydrogens is 402 g/mol. The summed E-state index contributed by atoms with van der Waals surface area (Å²) in [6.45, 7) is 1.38. The van der Waals surface area contributed by atoms with Crippen molar-refractivity contribution in [2.45, 2.75) is 19.2 Å². The SMILES string of the molecule is C[C@H](Oc1ccc(Cl)cc1Cl)C(=O)Nc1ccc(Cl)cc1C(F)(F)F. The van der Waals surface area contributed by atoms with Crippen molar-refractivity contribution in [1.82, 2.24) is 0 Å². The van der Waals surface area contributed by atoms with Gasteiger partial charge in [0.05, 0.1) is 16.3 Å². The van der Waals surface area contributed by atoms with Crippen LogP contribution in [-0.2, 0) is 11.0 Å². The van der Waals surface area contributed by atoms with Crippen molar-refractivity contribution in [1.29, 1.82) is 0 Å². The molecule has 25 heavy (non-hydrogen) atoms. The number of benzene rings is 2. The van der Waals surface area contributed by atoms with Crippen molar-refractivity contribution in [3.8, 4) is 5.75 Å². The zero-order valence-corrected chi connectivity index (χ0v) is 14.9. The number of anilines is 1. The molecule has 0 fully saturated rings. The van der Waals surface area contributed by atoms with Gasteiger partial charge in [-0.1, -0.05) is 34.8 Å². The summed E-state index contributed by atoms with van der Waals surface area (Å²) in [6, 6.07) is 7.44. The Hall–Kier alpha value is -1.63. The molecular formula is C16H11Cl3F3NO2. The van der Waals surface area contributed by atoms with E-state index in [0.717, 1.165) is 12.1 Å². The largest absolute Gasteiger partial charge is 0.479 e. The quantitative estimate of drug-likeness (QED) is 0.662. The summed E-state index contributed by atoms with van der Waals surface area (Å²) in [5.74, 6) is -0.597. The molecule has 3 nitrogen and oxygen atoms in total. The third kappa shape index (κ3) is 5.17. The summed E-state index contributed by atoms with van der Waals surface area (Å²) in [6.07, 6.45) is -5.77. The Bertz CT molecular complexity index is 797. The van der Waals surface area contributed by atoms with Crippen LogP contribution in [0.3, 0.4) is 0 Å². The molecule has 0 aliphatic rings. The second-order valence-corrected chi connectivity index (χ2v) is 6.29. The standard InChI is InChI=1S/C16H11Cl3F3NO2/c1-8(25-14-5-3-10(18)7-12(14)19)15(24)23-13-4-2-9(17)6-11(13)16(20,21)22/h2-8H,1H3,(H,23,24)/t8-/m0/s1. The Labute approximate surface area is 156 Å². The van der Waals surface area contributed by atoms with Crippen molar-refractivity contribution in [3.05, 3.63) is 57.0 Å². The van der Waals surface area contributed by atoms with Gasteiger partial charge in [0.2, 0.25) is 0 Å². The fraction of sp³-hybridized carbons (Fsp3) is 0.188. The lowest BCUT2D eigenvalue weighted by atomic mass is 10.1. The summed E-state index contributed by atoms with van der Waals surface area (Å²) in [4.78, 5) is 12.2. The van der Waals surface area contributed by atoms with Crippen LogP contribution >= 0.6 is 34.8 Å². The van der Waals surface area contributed by atoms with Crippen LogP contribution < -0.4 is 10.1 Å². The molecule has 134 valence electrons. The molecule has 0 aliphatic heterocycles. The van der Waals surface area contributed by atoms with Gasteiger partial charge in [0, 0.05) is 10.0 Å². The second kappa shape index (κ2) is 7.72. The minimum Gasteiger partial charge on any atom is -0.479 e. The molecule has 0 aliphatic carbocycles. The molecule has 0 aromatic heterocycles. The second-order valence-electron chi connectivity index (χ2n) is 5.01. The fourth-order valence-corrected chi connectivity index (χ4v) is 2.53. The van der Waals surface area contributed by atoms with Crippen LogP contribution in [0.2, 0.25) is 15.1 Å². The Kier molecular flexibility index (Phi) is 6.08. The first-order chi connectivity index (χ1) is 11.6. The lowest BCUT2D eigenvalue weighted by Gasteiger charge is -2.18. The highest BCUT2D eigenvalue weighted by molar-refractivity contribution is 6.35. The molecule has 9 heteroatoms. The van der Waals surface area contributed by atoms with Crippen LogP contribution in [0.4, 0.5) is 18.9 Å². The van der Waals surface area contributed by atoms with Gasteiger partial charge in [-0.05, 0) is 43.3 Å². The number of halogens is 6. The highest BCUT2D eigenvalue weighted by Crippen LogP contribution is 2.36. The summed E-state index contributed by atoms with van der Waals surface area (Å²) < 4.78 is 44.5. The van der Waals surface area contributed by atoms with E-state index in [2.05, 4.69) is 5.32 Å². The number of amides is 1. The zero-order chi connectivity index (χ0) is 18.8. The minimum absolute atomic E-state index is 0.0948. The lowest BCUT2D eigenvalue weighted by molar-refractivity contribution is -0.137. The first-order valence-corrected chi connectivity index (χ1v) is 8.00. The maximum Gasteiger partial charge on any atom is 0.418 e. The topological polar surface area (TPSA) is 38.3 Å². The molecule has 0 saturated heterocycles. The number of carbonyl (C=O) groups excluding carboxylic acids is 1. The molecule has 0 spiro atoms. The summed E-state index contributed by atoms with van der Waals surface area (Å²) >= 11 is 17.3. The fourth-order valence-electron chi connectivity index (χ4n) is 1.91. The van der Waals surface area contributed by atoms with Crippen LogP contribution in [0.25, 0.3) is 0 Å². The number of hydrogen-bond acceptors (Lipinski definition) is 2. The van der Waals surface area contributed by atoms with Crippen molar-refractivity contribution in [2.24, 2.45) is 0 Å². The van der Waals surface area contributed by atoms with Gasteiger partial charge in [0.25, 0.3) is 5.91 Å². The molecule has 0 saturated carbocycles. The van der Waals surface area contributed by atoms with E-state index in [0.29, 0.717) is 5.02 Å². The van der Waals surface area contributed by atoms with Gasteiger partial charge in [-0.25, -0.2) is 0 Å². The minimum atomic E-state index is -4.67. The average Bonchev–Trinajstić information content (AvgIpc) is 2.50. The number of rotatable bonds is 4. The van der Waals surface area contributed by atoms with Crippen LogP contribution in [-0.4, -0.2) is 12.0 Å². The van der Waals surface area contributed by atoms with E-state index in [1.807, 2.05) is 0 Å². The van der Waals surface area contributed by atoms with Gasteiger partial charge >= 0.3 is 6.18 Å². The maximum atomic E-state index is 13.0. The van der Waals surface area contributed by atoms with Crippen molar-refractivity contribution >= 4 is 46.4 Å². The Morgan fingerprint density at radius 1 is 1.08 bits per heavy atom. The molecule has 0 radical (unpaired) electrons. The highest BCUT2D eigenvalue weighted by Gasteiger charge is 2.34. The molecule has 1 amide bonds. The summed E-state index contributed by atoms with van der Waals surface area (Å²) in [7, 11) is 0. The van der Waals surface area contributed by atoms with E-state index in [1.165, 1.54) is 31.2 Å². The normalized spacial score (nSPS) is 12.6. The summed E-state index contributed by atoms with van der Waals surface area (Å²) in [5.41, 5.74) is -1.47. The Balaban J connectivity index is 2.16. The van der Waals surface area contributed by atoms with E-state index < -0.39 is 29.4 Å². The Morgan fingerprint density at radius 3 is 2.28 bits per heavy atom. The van der Waals surface area contributed by atoms with Crippen LogP contribution in [0.15, 0.2) is 36.4 Å². The van der Waals surface area contributed by atoms with Gasteiger partial charge in [-0.15, -0.1) is 0 Å². The average molecular weight is 413 g/mol. The van der Waals surface area contributed by atoms with E-state index in [9.17, 15) is 18.0 Å². The van der Waals surface area contributed by atoms with E-state index >= 15 is 0 Å². The van der Waals surface area contributed by atoms with Crippen LogP contribution in [0.1, 0.15) is 12.5 Å². The van der Waals surface area contributed by atoms with Crippen molar-refractivity contribution in [2.75, 3.05) is 5.32 Å². The molecule has 0 bridgehead atoms. The number of hydrogen-bond donors (Lipinski definition) is 1. The van der Waals surface area contributed by atoms with E-state index in [1.54, 1.807) is 0 Å². The third-order valence-corrected chi connectivity index (χ3v) is 3.88. The number of nitrogens with one attached hydrogen (secondary N) is 1. The van der Waals surface area contributed by atoms with Gasteiger partial charge in [0.15, 0.2) is 6.10 Å². The monoisotopic (exact) mass is 411 g/mol. The zero-order valence-electron chi connectivity index (χ0n) is 12.6. The smallest absolute Gasteiger partial charge is 0.418 e. The number of alkyl halides is 3. The molecule has 0 unspecified atom stereocenters. The molecule has 1 atom stereocenters. The van der Waals surface area contributed by atoms with Gasteiger partial charge in [-0.2, -0.15) is 13.2 Å². The number of ether oxygens (including phenoxy) is 1. The molecule has 0 heterocycles. The van der Waals surface area contributed by atoms with Crippen molar-refractivity contribution in [3.63, 3.8) is 0 Å². The van der Waals surface area contributed by atoms with E-state index in [-0.39, 0.29) is 15.8 Å². The highest BCUT2D eigenvalue weighted by atomic mass is 35.5. The van der Waals surface area contributed by atoms with E-state index in [4.69, 9.17) is 39.5 Å². The molecule has 1 N–H and O–H groups in total. The third-order valence-electron chi connectivity index (χ3n) is 3.11. The number of carbonyl (C=O) groups is 1. The Morgan fingerprint density at radius 2 is 1.68 bits per heavy atom. The molecule has 2 aromatic carbocycles. The summed E-state index contributed by atoms with van der Waals surface area (Å²) in [5, 5.41) is 2.64. The molecule has 2 aromatic rings. The predicted octanol–water partition coefficient (Wildman–Crippen LogP) is 6.07. The first-order valence-electron chi connectivity index (χ1n) is 6.87. The van der Waals surface area contributed by atoms with Crippen LogP contribution in [0.5, 0.6) is 5.75 Å². The van der Waals surface area contributed by atoms with Gasteiger partial charge in [0.1, 0.15) is 5.75 Å². The first kappa shape index (κ1) is 19.7.